The monoisotopic (exact) mass is 891 g/mol. The van der Waals surface area contributed by atoms with E-state index in [0.29, 0.717) is 32.1 Å². The summed E-state index contributed by atoms with van der Waals surface area (Å²) in [5.41, 5.74) is 0. The molecule has 0 heterocycles. The second-order valence-corrected chi connectivity index (χ2v) is 19.0. The number of ketones is 1. The second kappa shape index (κ2) is 36.6. The average molecular weight is 891 g/mol. The number of phosphoric ester groups is 1. The predicted octanol–water partition coefficient (Wildman–Crippen LogP) is 9.62. The van der Waals surface area contributed by atoms with Crippen molar-refractivity contribution in [3.05, 3.63) is 12.2 Å². The fourth-order valence-electron chi connectivity index (χ4n) is 7.70. The van der Waals surface area contributed by atoms with Gasteiger partial charge in [-0.15, -0.1) is 0 Å². The van der Waals surface area contributed by atoms with Crippen molar-refractivity contribution in [3.63, 3.8) is 0 Å². The highest BCUT2D eigenvalue weighted by atomic mass is 31.2. The van der Waals surface area contributed by atoms with Crippen molar-refractivity contribution >= 4 is 25.5 Å². The van der Waals surface area contributed by atoms with Gasteiger partial charge >= 0.3 is 19.8 Å². The minimum Gasteiger partial charge on any atom is -0.462 e. The lowest BCUT2D eigenvalue weighted by Crippen LogP contribution is -2.29. The zero-order valence-corrected chi connectivity index (χ0v) is 39.2. The van der Waals surface area contributed by atoms with Gasteiger partial charge in [-0.1, -0.05) is 168 Å². The number of hydrogen-bond acceptors (Lipinski definition) is 12. The fraction of sp³-hybridized carbons (Fsp3) is 0.894. The zero-order valence-electron chi connectivity index (χ0n) is 38.3. The van der Waals surface area contributed by atoms with Gasteiger partial charge in [0.05, 0.1) is 32.0 Å². The lowest BCUT2D eigenvalue weighted by molar-refractivity contribution is -0.161. The van der Waals surface area contributed by atoms with Crippen LogP contribution in [0.25, 0.3) is 0 Å². The standard InChI is InChI=1S/C47H87O13P/c1-4-6-21-27-39(49)31-32-43-42(44(51)33-45(43)52)28-23-19-20-24-29-46(53)57-36-41(37-59-61(55,56)58-35-40(50)34-48)60-47(54)30-25-18-16-14-12-10-8-7-9-11-13-15-17-22-26-38(3)5-2/h31-32,38-44,48-51H,4-30,33-37H2,1-3H3,(H,55,56)/b32-31+/t38?,39-,40-,41+,42+,43+,44-/m0/s1. The van der Waals surface area contributed by atoms with Crippen molar-refractivity contribution < 1.29 is 62.8 Å². The van der Waals surface area contributed by atoms with E-state index in [4.69, 9.17) is 23.6 Å². The van der Waals surface area contributed by atoms with Gasteiger partial charge in [0.1, 0.15) is 18.5 Å². The normalized spacial score (nSPS) is 19.8. The van der Waals surface area contributed by atoms with E-state index >= 15 is 0 Å². The van der Waals surface area contributed by atoms with E-state index in [0.717, 1.165) is 57.3 Å². The van der Waals surface area contributed by atoms with E-state index in [1.54, 1.807) is 12.2 Å². The molecular formula is C47H87O13P. The van der Waals surface area contributed by atoms with Crippen LogP contribution >= 0.6 is 7.82 Å². The van der Waals surface area contributed by atoms with Gasteiger partial charge in [0, 0.05) is 25.2 Å². The van der Waals surface area contributed by atoms with E-state index in [1.165, 1.54) is 77.0 Å². The van der Waals surface area contributed by atoms with E-state index in [2.05, 4.69) is 20.8 Å². The number of carbonyl (C=O) groups excluding carboxylic acids is 3. The second-order valence-electron chi connectivity index (χ2n) is 17.5. The van der Waals surface area contributed by atoms with Crippen LogP contribution in [0, 0.1) is 17.8 Å². The number of Topliss-reactive ketones (excluding diaryl/α,β-unsaturated/α-hetero) is 1. The first-order chi connectivity index (χ1) is 29.3. The SMILES string of the molecule is CCCCC[C@H](O)/C=C/[C@H]1C(=O)C[C@H](O)[C@@H]1CCCCCCC(=O)OC[C@H](COP(=O)(O)OC[C@@H](O)CO)OC(=O)CCCCCCCCCCCCCCCCC(C)CC. The Balaban J connectivity index is 2.38. The molecule has 0 aliphatic heterocycles. The van der Waals surface area contributed by atoms with E-state index < -0.39 is 76.5 Å². The molecule has 1 aliphatic carbocycles. The number of esters is 2. The van der Waals surface area contributed by atoms with Crippen molar-refractivity contribution in [2.45, 2.75) is 225 Å². The van der Waals surface area contributed by atoms with Crippen LogP contribution in [0.1, 0.15) is 201 Å². The van der Waals surface area contributed by atoms with Crippen molar-refractivity contribution in [3.8, 4) is 0 Å². The van der Waals surface area contributed by atoms with E-state index in [1.807, 2.05) is 0 Å². The third kappa shape index (κ3) is 30.9. The zero-order chi connectivity index (χ0) is 45.1. The van der Waals surface area contributed by atoms with E-state index in [9.17, 15) is 39.2 Å². The fourth-order valence-corrected chi connectivity index (χ4v) is 8.49. The summed E-state index contributed by atoms with van der Waals surface area (Å²) in [4.78, 5) is 47.8. The number of hydrogen-bond donors (Lipinski definition) is 5. The molecule has 1 aliphatic rings. The molecule has 0 aromatic carbocycles. The number of unbranched alkanes of at least 4 members (excludes halogenated alkanes) is 18. The summed E-state index contributed by atoms with van der Waals surface area (Å²) in [5.74, 6) is -0.823. The van der Waals surface area contributed by atoms with Gasteiger partial charge in [-0.3, -0.25) is 23.4 Å². The van der Waals surface area contributed by atoms with Crippen molar-refractivity contribution in [2.24, 2.45) is 17.8 Å². The highest BCUT2D eigenvalue weighted by molar-refractivity contribution is 7.47. The summed E-state index contributed by atoms with van der Waals surface area (Å²) >= 11 is 0. The van der Waals surface area contributed by atoms with Gasteiger partial charge in [-0.2, -0.15) is 0 Å². The van der Waals surface area contributed by atoms with Crippen molar-refractivity contribution in [1.82, 2.24) is 0 Å². The topological polar surface area (TPSA) is 206 Å². The lowest BCUT2D eigenvalue weighted by atomic mass is 9.88. The Bertz CT molecular complexity index is 1200. The Kier molecular flexibility index (Phi) is 34.4. The molecule has 1 saturated carbocycles. The van der Waals surface area contributed by atoms with Gasteiger partial charge < -0.3 is 34.8 Å². The Labute approximate surface area is 368 Å². The molecule has 8 atom stereocenters. The van der Waals surface area contributed by atoms with Crippen LogP contribution in [0.5, 0.6) is 0 Å². The molecule has 5 N–H and O–H groups in total. The molecule has 0 bridgehead atoms. The van der Waals surface area contributed by atoms with Gasteiger partial charge in [0.15, 0.2) is 6.10 Å². The highest BCUT2D eigenvalue weighted by Crippen LogP contribution is 2.43. The van der Waals surface area contributed by atoms with Crippen molar-refractivity contribution in [2.75, 3.05) is 26.4 Å². The molecule has 358 valence electrons. The maximum Gasteiger partial charge on any atom is 0.472 e. The number of allylic oxidation sites excluding steroid dienone is 1. The summed E-state index contributed by atoms with van der Waals surface area (Å²) in [6.45, 7) is 4.40. The first-order valence-electron chi connectivity index (χ1n) is 24.1. The van der Waals surface area contributed by atoms with Crippen LogP contribution in [0.2, 0.25) is 0 Å². The van der Waals surface area contributed by atoms with Crippen LogP contribution in [-0.2, 0) is 37.5 Å². The third-order valence-electron chi connectivity index (χ3n) is 11.9. The van der Waals surface area contributed by atoms with Crippen LogP contribution in [0.3, 0.4) is 0 Å². The lowest BCUT2D eigenvalue weighted by Gasteiger charge is -2.20. The maximum atomic E-state index is 12.7. The van der Waals surface area contributed by atoms with Crippen LogP contribution < -0.4 is 0 Å². The van der Waals surface area contributed by atoms with E-state index in [-0.39, 0.29) is 31.0 Å². The Hall–Kier alpha value is -1.70. The summed E-state index contributed by atoms with van der Waals surface area (Å²) in [5, 5.41) is 39.2. The van der Waals surface area contributed by atoms with Gasteiger partial charge in [-0.05, 0) is 37.5 Å². The molecule has 2 unspecified atom stereocenters. The molecule has 14 heteroatoms. The molecule has 0 radical (unpaired) electrons. The number of carbonyl (C=O) groups is 3. The Morgan fingerprint density at radius 1 is 0.738 bits per heavy atom. The molecule has 0 saturated heterocycles. The molecule has 0 spiro atoms. The van der Waals surface area contributed by atoms with Crippen LogP contribution in [0.15, 0.2) is 12.2 Å². The first-order valence-corrected chi connectivity index (χ1v) is 25.6. The van der Waals surface area contributed by atoms with Gasteiger partial charge in [0.2, 0.25) is 0 Å². The predicted molar refractivity (Wildman–Crippen MR) is 239 cm³/mol. The molecule has 0 aromatic rings. The van der Waals surface area contributed by atoms with Crippen LogP contribution in [-0.4, -0.2) is 93.9 Å². The number of aliphatic hydroxyl groups is 4. The smallest absolute Gasteiger partial charge is 0.462 e. The minimum atomic E-state index is -4.68. The van der Waals surface area contributed by atoms with Crippen molar-refractivity contribution in [1.29, 1.82) is 0 Å². The molecular weight excluding hydrogens is 803 g/mol. The highest BCUT2D eigenvalue weighted by Gasteiger charge is 2.39. The largest absolute Gasteiger partial charge is 0.472 e. The number of phosphoric acid groups is 1. The molecule has 13 nitrogen and oxygen atoms in total. The molecule has 1 fully saturated rings. The number of aliphatic hydroxyl groups excluding tert-OH is 4. The number of ether oxygens (including phenoxy) is 2. The summed E-state index contributed by atoms with van der Waals surface area (Å²) in [7, 11) is -4.68. The molecule has 1 rings (SSSR count). The first kappa shape index (κ1) is 57.3. The third-order valence-corrected chi connectivity index (χ3v) is 12.8. The Morgan fingerprint density at radius 2 is 1.26 bits per heavy atom. The molecule has 0 aromatic heterocycles. The quantitative estimate of drug-likeness (QED) is 0.0168. The summed E-state index contributed by atoms with van der Waals surface area (Å²) in [6, 6.07) is 0. The van der Waals surface area contributed by atoms with Gasteiger partial charge in [-0.25, -0.2) is 4.57 Å². The average Bonchev–Trinajstić information content (AvgIpc) is 3.51. The number of rotatable bonds is 41. The van der Waals surface area contributed by atoms with Gasteiger partial charge in [0.25, 0.3) is 0 Å². The maximum absolute atomic E-state index is 12.7. The summed E-state index contributed by atoms with van der Waals surface area (Å²) in [6.07, 6.45) is 26.4. The van der Waals surface area contributed by atoms with Crippen LogP contribution in [0.4, 0.5) is 0 Å². The molecule has 61 heavy (non-hydrogen) atoms. The summed E-state index contributed by atoms with van der Waals surface area (Å²) < 4.78 is 32.8. The molecule has 0 amide bonds. The Morgan fingerprint density at radius 3 is 1.84 bits per heavy atom. The minimum absolute atomic E-state index is 0.00767.